The molecule has 0 saturated heterocycles. The van der Waals surface area contributed by atoms with Crippen LogP contribution in [-0.2, 0) is 11.2 Å². The van der Waals surface area contributed by atoms with Crippen molar-refractivity contribution in [2.45, 2.75) is 38.5 Å². The summed E-state index contributed by atoms with van der Waals surface area (Å²) in [5.74, 6) is -0.724. The number of rotatable bonds is 3. The molecule has 0 aliphatic heterocycles. The van der Waals surface area contributed by atoms with Crippen LogP contribution in [0.4, 0.5) is 0 Å². The topological polar surface area (TPSA) is 37.3 Å². The van der Waals surface area contributed by atoms with Crippen LogP contribution < -0.4 is 0 Å². The first-order valence-corrected chi connectivity index (χ1v) is 6.97. The van der Waals surface area contributed by atoms with E-state index in [1.54, 1.807) is 18.2 Å². The highest BCUT2D eigenvalue weighted by Crippen LogP contribution is 2.42. The number of aliphatic carboxylic acids is 1. The van der Waals surface area contributed by atoms with E-state index >= 15 is 0 Å². The second kappa shape index (κ2) is 5.50. The van der Waals surface area contributed by atoms with E-state index in [0.717, 1.165) is 24.8 Å². The largest absolute Gasteiger partial charge is 0.481 e. The summed E-state index contributed by atoms with van der Waals surface area (Å²) < 4.78 is 0. The Morgan fingerprint density at radius 2 is 1.72 bits per heavy atom. The van der Waals surface area contributed by atoms with Gasteiger partial charge in [0.25, 0.3) is 0 Å². The van der Waals surface area contributed by atoms with Crippen molar-refractivity contribution in [1.29, 1.82) is 0 Å². The number of carboxylic acids is 1. The Balaban J connectivity index is 2.32. The minimum Gasteiger partial charge on any atom is -0.481 e. The average molecular weight is 287 g/mol. The first kappa shape index (κ1) is 13.7. The van der Waals surface area contributed by atoms with Crippen molar-refractivity contribution in [3.05, 3.63) is 33.8 Å². The van der Waals surface area contributed by atoms with E-state index < -0.39 is 11.4 Å². The Labute approximate surface area is 117 Å². The normalized spacial score (nSPS) is 18.6. The van der Waals surface area contributed by atoms with Gasteiger partial charge in [-0.1, -0.05) is 48.5 Å². The summed E-state index contributed by atoms with van der Waals surface area (Å²) in [6, 6.07) is 5.31. The molecule has 98 valence electrons. The predicted octanol–water partition coefficient (Wildman–Crippen LogP) is 4.57. The van der Waals surface area contributed by atoms with Crippen LogP contribution in [0.25, 0.3) is 0 Å². The molecule has 1 aliphatic carbocycles. The molecule has 0 unspecified atom stereocenters. The van der Waals surface area contributed by atoms with Gasteiger partial charge in [0, 0.05) is 10.0 Å². The van der Waals surface area contributed by atoms with E-state index in [-0.39, 0.29) is 0 Å². The highest BCUT2D eigenvalue weighted by atomic mass is 35.5. The molecule has 0 bridgehead atoms. The van der Waals surface area contributed by atoms with Crippen molar-refractivity contribution in [2.75, 3.05) is 0 Å². The van der Waals surface area contributed by atoms with E-state index in [9.17, 15) is 9.90 Å². The molecule has 0 heterocycles. The predicted molar refractivity (Wildman–Crippen MR) is 73.3 cm³/mol. The third-order valence-electron chi connectivity index (χ3n) is 3.84. The number of hydrogen-bond acceptors (Lipinski definition) is 1. The third-order valence-corrected chi connectivity index (χ3v) is 4.55. The van der Waals surface area contributed by atoms with E-state index in [0.29, 0.717) is 29.3 Å². The van der Waals surface area contributed by atoms with Gasteiger partial charge < -0.3 is 5.11 Å². The fraction of sp³-hybridized carbons (Fsp3) is 0.500. The molecule has 1 aromatic carbocycles. The minimum atomic E-state index is -0.724. The van der Waals surface area contributed by atoms with Gasteiger partial charge in [0.15, 0.2) is 0 Å². The van der Waals surface area contributed by atoms with E-state index in [4.69, 9.17) is 23.2 Å². The van der Waals surface area contributed by atoms with Crippen molar-refractivity contribution in [2.24, 2.45) is 5.41 Å². The fourth-order valence-corrected chi connectivity index (χ4v) is 3.27. The molecule has 0 aromatic heterocycles. The number of halogens is 2. The number of carbonyl (C=O) groups is 1. The summed E-state index contributed by atoms with van der Waals surface area (Å²) in [4.78, 5) is 11.6. The molecule has 2 nitrogen and oxygen atoms in total. The zero-order chi connectivity index (χ0) is 13.2. The van der Waals surface area contributed by atoms with Gasteiger partial charge in [-0.15, -0.1) is 0 Å². The molecule has 1 aromatic rings. The van der Waals surface area contributed by atoms with Crippen molar-refractivity contribution in [3.8, 4) is 0 Å². The standard InChI is InChI=1S/C14H16Cl2O2/c15-11-5-4-6-12(16)10(11)9-14(13(17)18)7-2-1-3-8-14/h4-6H,1-3,7-9H2,(H,17,18). The first-order chi connectivity index (χ1) is 8.55. The molecule has 0 atom stereocenters. The smallest absolute Gasteiger partial charge is 0.309 e. The van der Waals surface area contributed by atoms with Crippen molar-refractivity contribution in [1.82, 2.24) is 0 Å². The lowest BCUT2D eigenvalue weighted by atomic mass is 9.70. The average Bonchev–Trinajstić information content (AvgIpc) is 2.35. The fourth-order valence-electron chi connectivity index (χ4n) is 2.73. The molecule has 2 rings (SSSR count). The summed E-state index contributed by atoms with van der Waals surface area (Å²) in [7, 11) is 0. The minimum absolute atomic E-state index is 0.431. The van der Waals surface area contributed by atoms with Crippen molar-refractivity contribution >= 4 is 29.2 Å². The second-order valence-electron chi connectivity index (χ2n) is 5.02. The second-order valence-corrected chi connectivity index (χ2v) is 5.84. The maximum atomic E-state index is 11.6. The molecule has 0 radical (unpaired) electrons. The van der Waals surface area contributed by atoms with Gasteiger partial charge in [-0.3, -0.25) is 4.79 Å². The molecule has 0 spiro atoms. The van der Waals surface area contributed by atoms with E-state index in [2.05, 4.69) is 0 Å². The molecule has 1 saturated carbocycles. The lowest BCUT2D eigenvalue weighted by molar-refractivity contribution is -0.151. The Bertz CT molecular complexity index is 431. The Morgan fingerprint density at radius 1 is 1.17 bits per heavy atom. The zero-order valence-corrected chi connectivity index (χ0v) is 11.6. The van der Waals surface area contributed by atoms with E-state index in [1.807, 2.05) is 0 Å². The van der Waals surface area contributed by atoms with Crippen LogP contribution in [0.15, 0.2) is 18.2 Å². The Kier molecular flexibility index (Phi) is 4.18. The molecule has 18 heavy (non-hydrogen) atoms. The van der Waals surface area contributed by atoms with Gasteiger partial charge in [0.05, 0.1) is 5.41 Å². The summed E-state index contributed by atoms with van der Waals surface area (Å²) in [6.07, 6.45) is 4.91. The SMILES string of the molecule is O=C(O)C1(Cc2c(Cl)cccc2Cl)CCCCC1. The van der Waals surface area contributed by atoms with Gasteiger partial charge in [0.2, 0.25) is 0 Å². The van der Waals surface area contributed by atoms with Crippen LogP contribution in [0.3, 0.4) is 0 Å². The lowest BCUT2D eigenvalue weighted by Crippen LogP contribution is -2.35. The Hall–Kier alpha value is -0.730. The molecule has 1 aliphatic rings. The van der Waals surface area contributed by atoms with E-state index in [1.165, 1.54) is 0 Å². The maximum absolute atomic E-state index is 11.6. The van der Waals surface area contributed by atoms with Crippen molar-refractivity contribution in [3.63, 3.8) is 0 Å². The van der Waals surface area contributed by atoms with Crippen LogP contribution in [0.2, 0.25) is 10.0 Å². The quantitative estimate of drug-likeness (QED) is 0.884. The third kappa shape index (κ3) is 2.65. The van der Waals surface area contributed by atoms with Gasteiger partial charge in [-0.2, -0.15) is 0 Å². The summed E-state index contributed by atoms with van der Waals surface area (Å²) >= 11 is 12.3. The highest BCUT2D eigenvalue weighted by Gasteiger charge is 2.40. The highest BCUT2D eigenvalue weighted by molar-refractivity contribution is 6.36. The van der Waals surface area contributed by atoms with Crippen LogP contribution in [0.1, 0.15) is 37.7 Å². The number of hydrogen-bond donors (Lipinski definition) is 1. The van der Waals surface area contributed by atoms with Crippen LogP contribution in [0.5, 0.6) is 0 Å². The van der Waals surface area contributed by atoms with Gasteiger partial charge in [-0.05, 0) is 37.0 Å². The monoisotopic (exact) mass is 286 g/mol. The zero-order valence-electron chi connectivity index (χ0n) is 10.1. The first-order valence-electron chi connectivity index (χ1n) is 6.21. The summed E-state index contributed by atoms with van der Waals surface area (Å²) in [5, 5.41) is 10.7. The van der Waals surface area contributed by atoms with Gasteiger partial charge in [0.1, 0.15) is 0 Å². The number of benzene rings is 1. The molecule has 4 heteroatoms. The van der Waals surface area contributed by atoms with Crippen LogP contribution >= 0.6 is 23.2 Å². The molecular weight excluding hydrogens is 271 g/mol. The Morgan fingerprint density at radius 3 is 2.22 bits per heavy atom. The maximum Gasteiger partial charge on any atom is 0.309 e. The molecular formula is C14H16Cl2O2. The molecule has 1 fully saturated rings. The van der Waals surface area contributed by atoms with Crippen molar-refractivity contribution < 1.29 is 9.90 Å². The van der Waals surface area contributed by atoms with Crippen LogP contribution in [0, 0.1) is 5.41 Å². The molecule has 0 amide bonds. The summed E-state index contributed by atoms with van der Waals surface area (Å²) in [6.45, 7) is 0. The van der Waals surface area contributed by atoms with Gasteiger partial charge in [-0.25, -0.2) is 0 Å². The van der Waals surface area contributed by atoms with Crippen LogP contribution in [-0.4, -0.2) is 11.1 Å². The summed E-state index contributed by atoms with van der Waals surface area (Å²) in [5.41, 5.74) is 0.0810. The molecule has 1 N–H and O–H groups in total. The lowest BCUT2D eigenvalue weighted by Gasteiger charge is -2.33. The number of carboxylic acid groups (broad SMARTS) is 1. The van der Waals surface area contributed by atoms with Gasteiger partial charge >= 0.3 is 5.97 Å².